The standard InChI is InChI=1S/C15H20P.C10H9.2ClH.Ti/c1-11(2)16(12(3)4)15-9-13-7-5-6-8-14(13)10-15;1-8-6-9-4-2-3-5-10(9)7-8;;;/h5-12H,1-4H3;2-7H,1H3;2*1H;/q;;;;+2/p-2. The van der Waals surface area contributed by atoms with E-state index in [0.29, 0.717) is 8.45 Å². The van der Waals surface area contributed by atoms with Crippen LogP contribution in [0.1, 0.15) is 65.3 Å². The molecule has 4 rings (SSSR count). The summed E-state index contributed by atoms with van der Waals surface area (Å²) in [5.41, 5.74) is 9.22. The van der Waals surface area contributed by atoms with Crippen LogP contribution in [0, 0.1) is 0 Å². The van der Waals surface area contributed by atoms with Gasteiger partial charge in [0.1, 0.15) is 0 Å². The number of halogens is 2. The second-order valence-corrected chi connectivity index (χ2v) is 14.1. The van der Waals surface area contributed by atoms with E-state index in [1.807, 2.05) is 0 Å². The molecule has 0 radical (unpaired) electrons. The summed E-state index contributed by atoms with van der Waals surface area (Å²) in [5, 5.41) is 1.79. The number of benzene rings is 2. The van der Waals surface area contributed by atoms with Gasteiger partial charge in [-0.3, -0.25) is 0 Å². The molecular weight excluding hydrogens is 450 g/mol. The van der Waals surface area contributed by atoms with Crippen LogP contribution in [-0.4, -0.2) is 11.3 Å². The fourth-order valence-corrected chi connectivity index (χ4v) is 11.7. The van der Waals surface area contributed by atoms with E-state index in [1.165, 1.54) is 11.1 Å². The van der Waals surface area contributed by atoms with Gasteiger partial charge in [-0.15, -0.1) is 0 Å². The molecule has 0 saturated carbocycles. The third kappa shape index (κ3) is 4.78. The maximum absolute atomic E-state index is 2.58. The molecule has 4 heteroatoms. The summed E-state index contributed by atoms with van der Waals surface area (Å²) in [6.45, 7) is 12.1. The molecule has 2 aliphatic rings. The van der Waals surface area contributed by atoms with Crippen LogP contribution in [0.15, 0.2) is 59.4 Å². The Morgan fingerprint density at radius 3 is 1.76 bits per heavy atom. The SMILES string of the molecule is CC1=Cc2ccccc2[CH]1[Ti+2][CH]1C(P(C(C)C)C(C)C)=Cc2ccccc21.[Cl-].[Cl-]. The monoisotopic (exact) mass is 478 g/mol. The van der Waals surface area contributed by atoms with Crippen LogP contribution in [0.5, 0.6) is 0 Å². The van der Waals surface area contributed by atoms with E-state index in [2.05, 4.69) is 95.3 Å². The summed E-state index contributed by atoms with van der Waals surface area (Å²) in [6.07, 6.45) is 5.01. The number of rotatable bonds is 5. The van der Waals surface area contributed by atoms with Gasteiger partial charge in [0.25, 0.3) is 0 Å². The molecule has 2 atom stereocenters. The molecule has 0 N–H and O–H groups in total. The first-order valence-electron chi connectivity index (χ1n) is 10.1. The van der Waals surface area contributed by atoms with E-state index < -0.39 is 0 Å². The van der Waals surface area contributed by atoms with Crippen LogP contribution in [0.25, 0.3) is 12.2 Å². The van der Waals surface area contributed by atoms with Gasteiger partial charge in [0.05, 0.1) is 0 Å². The van der Waals surface area contributed by atoms with E-state index in [9.17, 15) is 0 Å². The van der Waals surface area contributed by atoms with Crippen LogP contribution < -0.4 is 24.8 Å². The largest absolute Gasteiger partial charge is 1.00 e. The van der Waals surface area contributed by atoms with Crippen molar-refractivity contribution in [3.05, 3.63) is 81.7 Å². The molecule has 0 bridgehead atoms. The average molecular weight is 479 g/mol. The Morgan fingerprint density at radius 1 is 0.724 bits per heavy atom. The molecule has 2 aromatic carbocycles. The first-order valence-corrected chi connectivity index (χ1v) is 13.4. The van der Waals surface area contributed by atoms with Crippen LogP contribution >= 0.6 is 7.92 Å². The van der Waals surface area contributed by atoms with Crippen molar-refractivity contribution in [3.8, 4) is 0 Å². The maximum Gasteiger partial charge on any atom is -1.00 e. The van der Waals surface area contributed by atoms with Gasteiger partial charge in [-0.2, -0.15) is 0 Å². The Balaban J connectivity index is 0.00000150. The normalized spacial score (nSPS) is 19.2. The number of allylic oxidation sites excluding steroid dienone is 2. The van der Waals surface area contributed by atoms with Gasteiger partial charge in [-0.05, 0) is 0 Å². The maximum atomic E-state index is 2.58. The third-order valence-corrected chi connectivity index (χ3v) is 12.6. The third-order valence-electron chi connectivity index (χ3n) is 5.80. The Bertz CT molecular complexity index is 909. The first-order chi connectivity index (χ1) is 13.0. The van der Waals surface area contributed by atoms with Crippen LogP contribution in [0.2, 0.25) is 0 Å². The summed E-state index contributed by atoms with van der Waals surface area (Å²) >= 11 is -0.217. The molecule has 0 heterocycles. The summed E-state index contributed by atoms with van der Waals surface area (Å²) in [4.78, 5) is 0. The van der Waals surface area contributed by atoms with E-state index in [0.717, 1.165) is 11.3 Å². The van der Waals surface area contributed by atoms with Gasteiger partial charge < -0.3 is 24.8 Å². The minimum absolute atomic E-state index is 0. The molecule has 0 aliphatic heterocycles. The molecule has 0 saturated heterocycles. The van der Waals surface area contributed by atoms with E-state index >= 15 is 0 Å². The minimum Gasteiger partial charge on any atom is -1.00 e. The minimum atomic E-state index is -0.217. The second kappa shape index (κ2) is 10.3. The van der Waals surface area contributed by atoms with Crippen molar-refractivity contribution in [2.75, 3.05) is 0 Å². The molecular formula is C25H29Cl2PTi. The first kappa shape index (κ1) is 24.9. The van der Waals surface area contributed by atoms with Gasteiger partial charge in [0.2, 0.25) is 0 Å². The van der Waals surface area contributed by atoms with Crippen molar-refractivity contribution in [1.29, 1.82) is 0 Å². The average Bonchev–Trinajstić information content (AvgIpc) is 3.13. The molecule has 2 unspecified atom stereocenters. The van der Waals surface area contributed by atoms with Crippen molar-refractivity contribution in [2.24, 2.45) is 0 Å². The summed E-state index contributed by atoms with van der Waals surface area (Å²) < 4.78 is 1.37. The second-order valence-electron chi connectivity index (χ2n) is 8.34. The Kier molecular flexibility index (Phi) is 8.85. The van der Waals surface area contributed by atoms with Crippen LogP contribution in [-0.2, 0) is 19.2 Å². The summed E-state index contributed by atoms with van der Waals surface area (Å²) in [6, 6.07) is 18.2. The molecule has 2 aliphatic carbocycles. The molecule has 29 heavy (non-hydrogen) atoms. The van der Waals surface area contributed by atoms with Crippen molar-refractivity contribution < 1.29 is 44.0 Å². The topological polar surface area (TPSA) is 0 Å². The smallest absolute Gasteiger partial charge is 1.00 e. The van der Waals surface area contributed by atoms with E-state index in [4.69, 9.17) is 0 Å². The molecule has 0 spiro atoms. The summed E-state index contributed by atoms with van der Waals surface area (Å²) in [5.74, 6) is 0. The Morgan fingerprint density at radius 2 is 1.21 bits per heavy atom. The zero-order valence-electron chi connectivity index (χ0n) is 17.8. The molecule has 2 aromatic rings. The predicted octanol–water partition coefficient (Wildman–Crippen LogP) is 1.63. The molecule has 0 amide bonds. The fraction of sp³-hybridized carbons (Fsp3) is 0.360. The quantitative estimate of drug-likeness (QED) is 0.452. The van der Waals surface area contributed by atoms with Gasteiger partial charge >= 0.3 is 175 Å². The number of hydrogen-bond acceptors (Lipinski definition) is 0. The number of hydrogen-bond donors (Lipinski definition) is 0. The van der Waals surface area contributed by atoms with Crippen molar-refractivity contribution in [3.63, 3.8) is 0 Å². The van der Waals surface area contributed by atoms with Gasteiger partial charge in [0, 0.05) is 0 Å². The van der Waals surface area contributed by atoms with Crippen molar-refractivity contribution in [1.82, 2.24) is 0 Å². The molecule has 0 fully saturated rings. The van der Waals surface area contributed by atoms with E-state index in [1.54, 1.807) is 22.0 Å². The fourth-order valence-electron chi connectivity index (χ4n) is 4.77. The van der Waals surface area contributed by atoms with Crippen molar-refractivity contribution in [2.45, 2.75) is 54.4 Å². The zero-order valence-corrected chi connectivity index (χ0v) is 21.8. The van der Waals surface area contributed by atoms with Gasteiger partial charge in [-0.1, -0.05) is 0 Å². The van der Waals surface area contributed by atoms with Crippen LogP contribution in [0.4, 0.5) is 0 Å². The summed E-state index contributed by atoms with van der Waals surface area (Å²) in [7, 11) is -0.0943. The number of fused-ring (bicyclic) bond motifs is 2. The van der Waals surface area contributed by atoms with Gasteiger partial charge in [-0.25, -0.2) is 0 Å². The van der Waals surface area contributed by atoms with Crippen molar-refractivity contribution >= 4 is 20.1 Å². The van der Waals surface area contributed by atoms with Gasteiger partial charge in [0.15, 0.2) is 0 Å². The zero-order chi connectivity index (χ0) is 19.1. The molecule has 152 valence electrons. The molecule has 0 aromatic heterocycles. The predicted molar refractivity (Wildman–Crippen MR) is 117 cm³/mol. The van der Waals surface area contributed by atoms with E-state index in [-0.39, 0.29) is 51.9 Å². The Hall–Kier alpha value is -0.356. The van der Waals surface area contributed by atoms with Crippen LogP contribution in [0.3, 0.4) is 0 Å². The Labute approximate surface area is 199 Å². The molecule has 0 nitrogen and oxygen atoms in total.